The van der Waals surface area contributed by atoms with Crippen LogP contribution in [0.4, 0.5) is 14.5 Å². The van der Waals surface area contributed by atoms with Crippen molar-refractivity contribution in [2.24, 2.45) is 11.1 Å². The number of nitrogens with one attached hydrogen (secondary N) is 1. The van der Waals surface area contributed by atoms with Gasteiger partial charge in [-0.15, -0.1) is 0 Å². The van der Waals surface area contributed by atoms with Gasteiger partial charge in [0.05, 0.1) is 11.7 Å². The zero-order chi connectivity index (χ0) is 23.7. The van der Waals surface area contributed by atoms with Crippen LogP contribution in [0.5, 0.6) is 0 Å². The molecule has 0 saturated heterocycles. The first-order valence-electron chi connectivity index (χ1n) is 11.0. The molecule has 34 heavy (non-hydrogen) atoms. The average molecular weight is 464 g/mol. The van der Waals surface area contributed by atoms with Gasteiger partial charge < -0.3 is 15.6 Å². The summed E-state index contributed by atoms with van der Waals surface area (Å²) in [7, 11) is 0. The first-order chi connectivity index (χ1) is 16.2. The van der Waals surface area contributed by atoms with E-state index in [0.717, 1.165) is 5.56 Å². The number of aryl methyl sites for hydroxylation is 1. The van der Waals surface area contributed by atoms with Crippen LogP contribution in [0.15, 0.2) is 53.3 Å². The van der Waals surface area contributed by atoms with Crippen molar-refractivity contribution in [3.8, 4) is 11.4 Å². The first kappa shape index (κ1) is 20.9. The zero-order valence-electron chi connectivity index (χ0n) is 18.4. The number of aromatic nitrogens is 4. The van der Waals surface area contributed by atoms with Crippen LogP contribution in [0, 0.1) is 12.3 Å². The van der Waals surface area contributed by atoms with Gasteiger partial charge in [0.1, 0.15) is 11.3 Å². The van der Waals surface area contributed by atoms with Crippen molar-refractivity contribution >= 4 is 17.2 Å². The Bertz CT molecular complexity index is 1430. The molecule has 3 aromatic heterocycles. The standard InChI is InChI=1S/C24H22F2N6O2/c1-14-5-6-15(8-16(14)29-20(33)17-9-28-18-4-2-3-7-32(17)18)19-30-21(34-31-19)23(27)10-22(11-23)12-24(25,26)13-22/h2-9H,10-13,27H2,1H3,(H,29,33). The Balaban J connectivity index is 1.22. The first-order valence-corrected chi connectivity index (χ1v) is 11.0. The third kappa shape index (κ3) is 3.28. The summed E-state index contributed by atoms with van der Waals surface area (Å²) in [6.45, 7) is 1.88. The van der Waals surface area contributed by atoms with Gasteiger partial charge in [-0.3, -0.25) is 9.20 Å². The van der Waals surface area contributed by atoms with Crippen LogP contribution < -0.4 is 11.1 Å². The average Bonchev–Trinajstić information content (AvgIpc) is 3.40. The maximum Gasteiger partial charge on any atom is 0.274 e. The summed E-state index contributed by atoms with van der Waals surface area (Å²) in [6, 6.07) is 10.9. The second-order valence-corrected chi connectivity index (χ2v) is 9.70. The van der Waals surface area contributed by atoms with Crippen LogP contribution in [0.3, 0.4) is 0 Å². The summed E-state index contributed by atoms with van der Waals surface area (Å²) in [5, 5.41) is 6.98. The lowest BCUT2D eigenvalue weighted by molar-refractivity contribution is -0.216. The van der Waals surface area contributed by atoms with E-state index in [2.05, 4.69) is 20.4 Å². The number of pyridine rings is 1. The van der Waals surface area contributed by atoms with Crippen molar-refractivity contribution in [3.05, 3.63) is 65.9 Å². The molecule has 8 nitrogen and oxygen atoms in total. The van der Waals surface area contributed by atoms with Crippen molar-refractivity contribution in [3.63, 3.8) is 0 Å². The Labute approximate surface area is 193 Å². The third-order valence-electron chi connectivity index (χ3n) is 6.89. The molecule has 0 aliphatic heterocycles. The number of carbonyl (C=O) groups is 1. The van der Waals surface area contributed by atoms with Gasteiger partial charge in [0, 0.05) is 30.3 Å². The van der Waals surface area contributed by atoms with Gasteiger partial charge in [0.2, 0.25) is 17.6 Å². The maximum absolute atomic E-state index is 13.3. The number of nitrogens with two attached hydrogens (primary N) is 1. The highest BCUT2D eigenvalue weighted by atomic mass is 19.3. The maximum atomic E-state index is 13.3. The lowest BCUT2D eigenvalue weighted by Crippen LogP contribution is -2.63. The highest BCUT2D eigenvalue weighted by molar-refractivity contribution is 6.04. The number of carbonyl (C=O) groups excluding carboxylic acids is 1. The van der Waals surface area contributed by atoms with E-state index in [0.29, 0.717) is 41.3 Å². The quantitative estimate of drug-likeness (QED) is 0.466. The van der Waals surface area contributed by atoms with Crippen molar-refractivity contribution in [1.82, 2.24) is 19.5 Å². The molecular weight excluding hydrogens is 442 g/mol. The van der Waals surface area contributed by atoms with Crippen LogP contribution in [-0.2, 0) is 5.54 Å². The smallest absolute Gasteiger partial charge is 0.274 e. The van der Waals surface area contributed by atoms with Crippen molar-refractivity contribution < 1.29 is 18.1 Å². The number of imidazole rings is 1. The number of amides is 1. The molecule has 0 bridgehead atoms. The fraction of sp³-hybridized carbons (Fsp3) is 0.333. The highest BCUT2D eigenvalue weighted by Crippen LogP contribution is 2.67. The summed E-state index contributed by atoms with van der Waals surface area (Å²) in [4.78, 5) is 21.6. The normalized spacial score (nSPS) is 19.5. The summed E-state index contributed by atoms with van der Waals surface area (Å²) in [5.41, 5.74) is 8.29. The van der Waals surface area contributed by atoms with Gasteiger partial charge in [-0.2, -0.15) is 4.98 Å². The van der Waals surface area contributed by atoms with E-state index in [1.54, 1.807) is 16.7 Å². The minimum absolute atomic E-state index is 0.132. The number of anilines is 1. The molecule has 2 saturated carbocycles. The minimum Gasteiger partial charge on any atom is -0.337 e. The molecule has 3 heterocycles. The molecule has 3 N–H and O–H groups in total. The van der Waals surface area contributed by atoms with E-state index < -0.39 is 16.9 Å². The number of alkyl halides is 2. The minimum atomic E-state index is -2.59. The zero-order valence-corrected chi connectivity index (χ0v) is 18.4. The molecule has 0 radical (unpaired) electrons. The molecule has 2 aliphatic rings. The van der Waals surface area contributed by atoms with Crippen LogP contribution >= 0.6 is 0 Å². The van der Waals surface area contributed by atoms with Gasteiger partial charge >= 0.3 is 0 Å². The van der Waals surface area contributed by atoms with E-state index in [1.165, 1.54) is 6.20 Å². The molecule has 1 spiro atoms. The molecular formula is C24H22F2N6O2. The van der Waals surface area contributed by atoms with Crippen LogP contribution in [0.1, 0.15) is 47.6 Å². The Hall–Kier alpha value is -3.66. The number of nitrogens with zero attached hydrogens (tertiary/aromatic N) is 4. The predicted molar refractivity (Wildman–Crippen MR) is 119 cm³/mol. The number of halogens is 2. The molecule has 2 fully saturated rings. The summed E-state index contributed by atoms with van der Waals surface area (Å²) < 4.78 is 33.8. The molecule has 174 valence electrons. The van der Waals surface area contributed by atoms with E-state index in [-0.39, 0.29) is 24.6 Å². The van der Waals surface area contributed by atoms with Crippen molar-refractivity contribution in [1.29, 1.82) is 0 Å². The number of fused-ring (bicyclic) bond motifs is 1. The Kier molecular flexibility index (Phi) is 4.26. The second-order valence-electron chi connectivity index (χ2n) is 9.70. The molecule has 0 unspecified atom stereocenters. The van der Waals surface area contributed by atoms with E-state index in [9.17, 15) is 13.6 Å². The lowest BCUT2D eigenvalue weighted by Gasteiger charge is -2.60. The van der Waals surface area contributed by atoms with Crippen molar-refractivity contribution in [2.75, 3.05) is 5.32 Å². The van der Waals surface area contributed by atoms with Gasteiger partial charge in [0.25, 0.3) is 5.91 Å². The van der Waals surface area contributed by atoms with E-state index >= 15 is 0 Å². The van der Waals surface area contributed by atoms with Crippen LogP contribution in [0.25, 0.3) is 17.0 Å². The fourth-order valence-electron chi connectivity index (χ4n) is 5.46. The highest BCUT2D eigenvalue weighted by Gasteiger charge is 2.67. The fourth-order valence-corrected chi connectivity index (χ4v) is 5.46. The van der Waals surface area contributed by atoms with Gasteiger partial charge in [-0.05, 0) is 48.9 Å². The van der Waals surface area contributed by atoms with Crippen LogP contribution in [-0.4, -0.2) is 31.4 Å². The van der Waals surface area contributed by atoms with Gasteiger partial charge in [-0.1, -0.05) is 23.4 Å². The largest absolute Gasteiger partial charge is 0.337 e. The van der Waals surface area contributed by atoms with Gasteiger partial charge in [-0.25, -0.2) is 13.8 Å². The summed E-state index contributed by atoms with van der Waals surface area (Å²) >= 11 is 0. The van der Waals surface area contributed by atoms with E-state index in [4.69, 9.17) is 10.3 Å². The Morgan fingerprint density at radius 1 is 1.18 bits per heavy atom. The number of hydrogen-bond acceptors (Lipinski definition) is 6. The van der Waals surface area contributed by atoms with Gasteiger partial charge in [0.15, 0.2) is 0 Å². The molecule has 1 amide bonds. The van der Waals surface area contributed by atoms with Crippen LogP contribution in [0.2, 0.25) is 0 Å². The van der Waals surface area contributed by atoms with Crippen molar-refractivity contribution in [2.45, 2.75) is 44.1 Å². The monoisotopic (exact) mass is 464 g/mol. The third-order valence-corrected chi connectivity index (χ3v) is 6.89. The molecule has 6 rings (SSSR count). The molecule has 0 atom stereocenters. The Morgan fingerprint density at radius 3 is 2.74 bits per heavy atom. The number of benzene rings is 1. The Morgan fingerprint density at radius 2 is 1.97 bits per heavy atom. The SMILES string of the molecule is Cc1ccc(-c2noc(C3(N)CC4(CC(F)(F)C4)C3)n2)cc1NC(=O)c1cnc2ccccn12. The molecule has 10 heteroatoms. The second kappa shape index (κ2) is 6.92. The predicted octanol–water partition coefficient (Wildman–Crippen LogP) is 4.31. The summed E-state index contributed by atoms with van der Waals surface area (Å²) in [6.07, 6.45) is 3.86. The summed E-state index contributed by atoms with van der Waals surface area (Å²) in [5.74, 6) is -2.32. The van der Waals surface area contributed by atoms with E-state index in [1.807, 2.05) is 37.3 Å². The lowest BCUT2D eigenvalue weighted by atomic mass is 9.47. The topological polar surface area (TPSA) is 111 Å². The number of rotatable bonds is 4. The molecule has 4 aromatic rings. The molecule has 1 aromatic carbocycles. The molecule has 2 aliphatic carbocycles. The number of hydrogen-bond donors (Lipinski definition) is 2.